The van der Waals surface area contributed by atoms with Gasteiger partial charge < -0.3 is 0 Å². The number of nitrogens with zero attached hydrogens (tertiary/aromatic N) is 2. The van der Waals surface area contributed by atoms with Crippen LogP contribution in [0.25, 0.3) is 0 Å². The molecule has 2 N–H and O–H groups in total. The van der Waals surface area contributed by atoms with E-state index in [2.05, 4.69) is 48.6 Å². The summed E-state index contributed by atoms with van der Waals surface area (Å²) in [5, 5.41) is 4.51. The molecule has 2 saturated heterocycles. The van der Waals surface area contributed by atoms with Gasteiger partial charge >= 0.3 is 0 Å². The van der Waals surface area contributed by atoms with Gasteiger partial charge in [0.1, 0.15) is 0 Å². The van der Waals surface area contributed by atoms with Gasteiger partial charge in [0.05, 0.1) is 11.3 Å². The first-order valence-electron chi connectivity index (χ1n) is 4.53. The highest BCUT2D eigenvalue weighted by Crippen LogP contribution is 2.26. The fourth-order valence-electron chi connectivity index (χ4n) is 1.48. The quantitative estimate of drug-likeness (QED) is 0.590. The van der Waals surface area contributed by atoms with Gasteiger partial charge in [-0.15, -0.1) is 0 Å². The highest BCUT2D eigenvalue weighted by atomic mass is 15.8. The number of hydrogen-bond acceptors (Lipinski definition) is 4. The van der Waals surface area contributed by atoms with E-state index in [1.807, 2.05) is 0 Å². The third-order valence-electron chi connectivity index (χ3n) is 2.61. The molecule has 2 fully saturated rings. The van der Waals surface area contributed by atoms with Crippen molar-refractivity contribution in [1.82, 2.24) is 20.9 Å². The van der Waals surface area contributed by atoms with Gasteiger partial charge in [-0.1, -0.05) is 0 Å². The molecule has 2 aliphatic heterocycles. The molecule has 0 amide bonds. The van der Waals surface area contributed by atoms with Crippen LogP contribution in [0.15, 0.2) is 0 Å². The van der Waals surface area contributed by atoms with Crippen molar-refractivity contribution in [2.75, 3.05) is 13.1 Å². The third kappa shape index (κ3) is 1.47. The lowest BCUT2D eigenvalue weighted by Crippen LogP contribution is -2.21. The lowest BCUT2D eigenvalue weighted by molar-refractivity contribution is 0.352. The molecule has 2 heterocycles. The van der Waals surface area contributed by atoms with Crippen molar-refractivity contribution in [2.45, 2.75) is 39.0 Å². The van der Waals surface area contributed by atoms with Crippen LogP contribution in [0.5, 0.6) is 0 Å². The Kier molecular flexibility index (Phi) is 1.55. The van der Waals surface area contributed by atoms with Crippen molar-refractivity contribution in [1.29, 1.82) is 0 Å². The highest BCUT2D eigenvalue weighted by molar-refractivity contribution is 4.93. The van der Waals surface area contributed by atoms with Gasteiger partial charge in [0.2, 0.25) is 0 Å². The van der Waals surface area contributed by atoms with Crippen LogP contribution in [0.1, 0.15) is 27.7 Å². The van der Waals surface area contributed by atoms with Gasteiger partial charge in [-0.25, -0.2) is 20.9 Å². The fraction of sp³-hybridized carbons (Fsp3) is 1.00. The molecule has 0 saturated carbocycles. The van der Waals surface area contributed by atoms with Crippen LogP contribution in [-0.2, 0) is 0 Å². The van der Waals surface area contributed by atoms with E-state index in [9.17, 15) is 0 Å². The molecule has 0 aromatic carbocycles. The van der Waals surface area contributed by atoms with E-state index in [0.717, 1.165) is 13.1 Å². The van der Waals surface area contributed by atoms with Crippen LogP contribution in [-0.4, -0.2) is 34.4 Å². The Morgan fingerprint density at radius 3 is 1.25 bits per heavy atom. The van der Waals surface area contributed by atoms with Crippen LogP contribution < -0.4 is 10.9 Å². The largest absolute Gasteiger partial charge is 0.233 e. The second-order valence-corrected chi connectivity index (χ2v) is 4.64. The van der Waals surface area contributed by atoms with Crippen molar-refractivity contribution in [3.05, 3.63) is 0 Å². The molecule has 0 radical (unpaired) electrons. The summed E-state index contributed by atoms with van der Waals surface area (Å²) >= 11 is 0. The number of rotatable bonds is 3. The van der Waals surface area contributed by atoms with E-state index in [-0.39, 0.29) is 11.3 Å². The van der Waals surface area contributed by atoms with Crippen molar-refractivity contribution < 1.29 is 0 Å². The first-order valence-corrected chi connectivity index (χ1v) is 4.53. The molecule has 4 heteroatoms. The van der Waals surface area contributed by atoms with E-state index >= 15 is 0 Å². The summed E-state index contributed by atoms with van der Waals surface area (Å²) in [7, 11) is 0. The van der Waals surface area contributed by atoms with E-state index in [0.29, 0.717) is 0 Å². The van der Waals surface area contributed by atoms with Gasteiger partial charge in [-0.05, 0) is 27.7 Å². The number of hydrogen-bond donors (Lipinski definition) is 2. The molecule has 4 nitrogen and oxygen atoms in total. The zero-order valence-corrected chi connectivity index (χ0v) is 8.31. The van der Waals surface area contributed by atoms with E-state index in [1.165, 1.54) is 0 Å². The maximum Gasteiger partial charge on any atom is 0.0918 e. The molecule has 12 heavy (non-hydrogen) atoms. The van der Waals surface area contributed by atoms with Crippen molar-refractivity contribution in [3.8, 4) is 0 Å². The molecule has 0 aliphatic carbocycles. The average Bonchev–Trinajstić information content (AvgIpc) is 2.68. The van der Waals surface area contributed by atoms with Crippen LogP contribution in [0.2, 0.25) is 0 Å². The fourth-order valence-corrected chi connectivity index (χ4v) is 1.48. The lowest BCUT2D eigenvalue weighted by Gasteiger charge is -2.04. The van der Waals surface area contributed by atoms with Gasteiger partial charge in [0, 0.05) is 13.1 Å². The maximum absolute atomic E-state index is 3.30. The van der Waals surface area contributed by atoms with Gasteiger partial charge in [0.15, 0.2) is 0 Å². The average molecular weight is 170 g/mol. The third-order valence-corrected chi connectivity index (χ3v) is 2.61. The molecular formula is C8H18N4. The van der Waals surface area contributed by atoms with Crippen LogP contribution in [0, 0.1) is 0 Å². The number of hydrazine groups is 2. The Hall–Kier alpha value is -0.160. The predicted octanol–water partition coefficient (Wildman–Crippen LogP) is 0.0990. The molecule has 0 spiro atoms. The highest BCUT2D eigenvalue weighted by Gasteiger charge is 2.46. The molecule has 0 bridgehead atoms. The molecule has 70 valence electrons. The van der Waals surface area contributed by atoms with E-state index in [1.54, 1.807) is 0 Å². The summed E-state index contributed by atoms with van der Waals surface area (Å²) in [5.74, 6) is 0. The van der Waals surface area contributed by atoms with Crippen molar-refractivity contribution in [2.24, 2.45) is 0 Å². The summed E-state index contributed by atoms with van der Waals surface area (Å²) in [4.78, 5) is 0. The maximum atomic E-state index is 3.30. The smallest absolute Gasteiger partial charge is 0.0918 e. The summed E-state index contributed by atoms with van der Waals surface area (Å²) < 4.78 is 0. The first-order chi connectivity index (χ1) is 5.42. The first kappa shape index (κ1) is 8.44. The summed E-state index contributed by atoms with van der Waals surface area (Å²) in [6.45, 7) is 10.9. The summed E-state index contributed by atoms with van der Waals surface area (Å²) in [6, 6.07) is 0. The monoisotopic (exact) mass is 170 g/mol. The Bertz CT molecular complexity index is 177. The Balaban J connectivity index is 1.66. The predicted molar refractivity (Wildman–Crippen MR) is 47.8 cm³/mol. The van der Waals surface area contributed by atoms with Crippen LogP contribution in [0.3, 0.4) is 0 Å². The molecule has 2 rings (SSSR count). The standard InChI is InChI=1S/C8H18N4/c1-7(2)9-11(7)5-6-12-8(3,4)10-12/h9-10H,5-6H2,1-4H3. The zero-order chi connectivity index (χ0) is 8.98. The second kappa shape index (κ2) is 2.20. The molecule has 0 aromatic rings. The minimum absolute atomic E-state index is 0.236. The minimum Gasteiger partial charge on any atom is -0.233 e. The minimum atomic E-state index is 0.236. The Morgan fingerprint density at radius 1 is 0.833 bits per heavy atom. The molecule has 2 aliphatic rings. The summed E-state index contributed by atoms with van der Waals surface area (Å²) in [5.41, 5.74) is 7.07. The van der Waals surface area contributed by atoms with Gasteiger partial charge in [-0.3, -0.25) is 0 Å². The normalized spacial score (nSPS) is 41.0. The zero-order valence-electron chi connectivity index (χ0n) is 8.31. The topological polar surface area (TPSA) is 49.9 Å². The number of nitrogens with one attached hydrogen (secondary N) is 2. The van der Waals surface area contributed by atoms with Crippen LogP contribution in [0.4, 0.5) is 0 Å². The van der Waals surface area contributed by atoms with Crippen molar-refractivity contribution >= 4 is 0 Å². The molecule has 2 unspecified atom stereocenters. The van der Waals surface area contributed by atoms with Crippen molar-refractivity contribution in [3.63, 3.8) is 0 Å². The van der Waals surface area contributed by atoms with E-state index < -0.39 is 0 Å². The second-order valence-electron chi connectivity index (χ2n) is 4.64. The molecule has 2 atom stereocenters. The van der Waals surface area contributed by atoms with E-state index in [4.69, 9.17) is 0 Å². The lowest BCUT2D eigenvalue weighted by atomic mass is 10.3. The molecule has 0 aromatic heterocycles. The Morgan fingerprint density at radius 2 is 1.08 bits per heavy atom. The Labute approximate surface area is 73.8 Å². The summed E-state index contributed by atoms with van der Waals surface area (Å²) in [6.07, 6.45) is 0. The van der Waals surface area contributed by atoms with Crippen LogP contribution >= 0.6 is 0 Å². The molecular weight excluding hydrogens is 152 g/mol. The van der Waals surface area contributed by atoms with Gasteiger partial charge in [0.25, 0.3) is 0 Å². The SMILES string of the molecule is CC1(C)NN1CCN1NC1(C)C. The van der Waals surface area contributed by atoms with Gasteiger partial charge in [-0.2, -0.15) is 0 Å².